The average Bonchev–Trinajstić information content (AvgIpc) is 2.20. The molecule has 5 heteroatoms. The molecule has 0 aliphatic carbocycles. The Morgan fingerprint density at radius 1 is 1.43 bits per heavy atom. The van der Waals surface area contributed by atoms with Crippen molar-refractivity contribution < 1.29 is 18.7 Å². The highest BCUT2D eigenvalue weighted by Gasteiger charge is 2.21. The number of ketones is 1. The van der Waals surface area contributed by atoms with Gasteiger partial charge in [0.05, 0.1) is 17.7 Å². The minimum absolute atomic E-state index is 0.209. The minimum atomic E-state index is -1.12. The molecule has 0 aliphatic rings. The molecule has 74 valence electrons. The molecule has 3 nitrogen and oxygen atoms in total. The summed E-state index contributed by atoms with van der Waals surface area (Å²) in [6.07, 6.45) is 0. The lowest BCUT2D eigenvalue weighted by molar-refractivity contribution is -0.135. The summed E-state index contributed by atoms with van der Waals surface area (Å²) in [6, 6.07) is 3.83. The SMILES string of the molecule is COC(=O)C(=O)c1cccc(Cl)c1F. The van der Waals surface area contributed by atoms with Crippen molar-refractivity contribution in [1.29, 1.82) is 0 Å². The van der Waals surface area contributed by atoms with Gasteiger partial charge in [0.15, 0.2) is 5.82 Å². The van der Waals surface area contributed by atoms with E-state index in [9.17, 15) is 14.0 Å². The molecular weight excluding hydrogens is 211 g/mol. The van der Waals surface area contributed by atoms with Gasteiger partial charge < -0.3 is 4.74 Å². The summed E-state index contributed by atoms with van der Waals surface area (Å²) in [5, 5.41) is -0.209. The van der Waals surface area contributed by atoms with E-state index in [0.717, 1.165) is 7.11 Å². The molecule has 1 aromatic rings. The van der Waals surface area contributed by atoms with E-state index in [0.29, 0.717) is 0 Å². The second kappa shape index (κ2) is 4.19. The van der Waals surface area contributed by atoms with Crippen LogP contribution in [0.5, 0.6) is 0 Å². The zero-order valence-electron chi connectivity index (χ0n) is 7.21. The molecule has 0 radical (unpaired) electrons. The maximum Gasteiger partial charge on any atom is 0.379 e. The average molecular weight is 217 g/mol. The van der Waals surface area contributed by atoms with Gasteiger partial charge in [0.1, 0.15) is 0 Å². The van der Waals surface area contributed by atoms with Gasteiger partial charge in [0.2, 0.25) is 0 Å². The lowest BCUT2D eigenvalue weighted by Gasteiger charge is -2.01. The fourth-order valence-electron chi connectivity index (χ4n) is 0.882. The minimum Gasteiger partial charge on any atom is -0.463 e. The second-order valence-corrected chi connectivity index (χ2v) is 2.83. The van der Waals surface area contributed by atoms with Gasteiger partial charge in [-0.15, -0.1) is 0 Å². The lowest BCUT2D eigenvalue weighted by atomic mass is 10.1. The summed E-state index contributed by atoms with van der Waals surface area (Å²) >= 11 is 5.43. The summed E-state index contributed by atoms with van der Waals surface area (Å²) in [5.41, 5.74) is -0.385. The highest BCUT2D eigenvalue weighted by Crippen LogP contribution is 2.18. The van der Waals surface area contributed by atoms with Gasteiger partial charge >= 0.3 is 5.97 Å². The van der Waals surface area contributed by atoms with Crippen molar-refractivity contribution in [1.82, 2.24) is 0 Å². The van der Waals surface area contributed by atoms with Crippen LogP contribution < -0.4 is 0 Å². The number of carbonyl (C=O) groups excluding carboxylic acids is 2. The van der Waals surface area contributed by atoms with E-state index in [1.165, 1.54) is 18.2 Å². The Hall–Kier alpha value is -1.42. The van der Waals surface area contributed by atoms with E-state index in [1.54, 1.807) is 0 Å². The van der Waals surface area contributed by atoms with Crippen LogP contribution in [0.15, 0.2) is 18.2 Å². The Morgan fingerprint density at radius 2 is 2.07 bits per heavy atom. The topological polar surface area (TPSA) is 43.4 Å². The number of hydrogen-bond acceptors (Lipinski definition) is 3. The molecule has 1 rings (SSSR count). The first-order valence-corrected chi connectivity index (χ1v) is 4.02. The molecule has 0 aliphatic heterocycles. The second-order valence-electron chi connectivity index (χ2n) is 2.42. The third-order valence-corrected chi connectivity index (χ3v) is 1.86. The van der Waals surface area contributed by atoms with E-state index < -0.39 is 17.6 Å². The fourth-order valence-corrected chi connectivity index (χ4v) is 1.06. The smallest absolute Gasteiger partial charge is 0.379 e. The number of Topliss-reactive ketones (excluding diaryl/α,β-unsaturated/α-hetero) is 1. The van der Waals surface area contributed by atoms with Crippen molar-refractivity contribution in [3.8, 4) is 0 Å². The first kappa shape index (κ1) is 10.7. The van der Waals surface area contributed by atoms with Crippen molar-refractivity contribution in [3.05, 3.63) is 34.6 Å². The fraction of sp³-hybridized carbons (Fsp3) is 0.111. The number of esters is 1. The lowest BCUT2D eigenvalue weighted by Crippen LogP contribution is -2.17. The molecular formula is C9H6ClFO3. The molecule has 0 bridgehead atoms. The van der Waals surface area contributed by atoms with Gasteiger partial charge in [-0.05, 0) is 12.1 Å². The third-order valence-electron chi connectivity index (χ3n) is 1.57. The normalized spacial score (nSPS) is 9.64. The molecule has 0 heterocycles. The van der Waals surface area contributed by atoms with Crippen LogP contribution in [-0.4, -0.2) is 18.9 Å². The third kappa shape index (κ3) is 1.90. The zero-order chi connectivity index (χ0) is 10.7. The molecule has 0 atom stereocenters. The van der Waals surface area contributed by atoms with E-state index in [-0.39, 0.29) is 10.6 Å². The van der Waals surface area contributed by atoms with Crippen molar-refractivity contribution in [3.63, 3.8) is 0 Å². The Morgan fingerprint density at radius 3 is 2.64 bits per heavy atom. The highest BCUT2D eigenvalue weighted by molar-refractivity contribution is 6.41. The maximum absolute atomic E-state index is 13.2. The summed E-state index contributed by atoms with van der Waals surface area (Å²) < 4.78 is 17.4. The molecule has 0 saturated carbocycles. The predicted octanol–water partition coefficient (Wildman–Crippen LogP) is 1.83. The van der Waals surface area contributed by atoms with Crippen molar-refractivity contribution in [2.24, 2.45) is 0 Å². The summed E-state index contributed by atoms with van der Waals surface area (Å²) in [4.78, 5) is 22.0. The Bertz CT molecular complexity index is 390. The van der Waals surface area contributed by atoms with Crippen molar-refractivity contribution >= 4 is 23.4 Å². The molecule has 0 amide bonds. The van der Waals surface area contributed by atoms with Crippen LogP contribution in [0.3, 0.4) is 0 Å². The number of halogens is 2. The number of carbonyl (C=O) groups is 2. The van der Waals surface area contributed by atoms with Gasteiger partial charge in [0.25, 0.3) is 5.78 Å². The van der Waals surface area contributed by atoms with Gasteiger partial charge in [-0.25, -0.2) is 9.18 Å². The maximum atomic E-state index is 13.2. The summed E-state index contributed by atoms with van der Waals surface area (Å²) in [7, 11) is 1.04. The summed E-state index contributed by atoms with van der Waals surface area (Å²) in [6.45, 7) is 0. The van der Waals surface area contributed by atoms with Crippen LogP contribution in [-0.2, 0) is 9.53 Å². The van der Waals surface area contributed by atoms with E-state index in [2.05, 4.69) is 4.74 Å². The monoisotopic (exact) mass is 216 g/mol. The molecule has 0 spiro atoms. The van der Waals surface area contributed by atoms with Crippen LogP contribution in [0.25, 0.3) is 0 Å². The van der Waals surface area contributed by atoms with Gasteiger partial charge in [-0.3, -0.25) is 4.79 Å². The number of hydrogen-bond donors (Lipinski definition) is 0. The van der Waals surface area contributed by atoms with Gasteiger partial charge in [-0.1, -0.05) is 17.7 Å². The quantitative estimate of drug-likeness (QED) is 0.430. The number of rotatable bonds is 2. The highest BCUT2D eigenvalue weighted by atomic mass is 35.5. The first-order chi connectivity index (χ1) is 6.57. The zero-order valence-corrected chi connectivity index (χ0v) is 7.97. The van der Waals surface area contributed by atoms with Crippen LogP contribution in [0.4, 0.5) is 4.39 Å². The molecule has 0 N–H and O–H groups in total. The predicted molar refractivity (Wildman–Crippen MR) is 47.8 cm³/mol. The van der Waals surface area contributed by atoms with Crippen molar-refractivity contribution in [2.45, 2.75) is 0 Å². The van der Waals surface area contributed by atoms with Crippen LogP contribution in [0.1, 0.15) is 10.4 Å². The Labute approximate surface area is 84.4 Å². The Balaban J connectivity index is 3.14. The first-order valence-electron chi connectivity index (χ1n) is 3.64. The van der Waals surface area contributed by atoms with Gasteiger partial charge in [0, 0.05) is 0 Å². The van der Waals surface area contributed by atoms with Crippen LogP contribution in [0, 0.1) is 5.82 Å². The largest absolute Gasteiger partial charge is 0.463 e. The van der Waals surface area contributed by atoms with E-state index in [1.807, 2.05) is 0 Å². The van der Waals surface area contributed by atoms with Gasteiger partial charge in [-0.2, -0.15) is 0 Å². The number of methoxy groups -OCH3 is 1. The van der Waals surface area contributed by atoms with Crippen LogP contribution >= 0.6 is 11.6 Å². The van der Waals surface area contributed by atoms with E-state index >= 15 is 0 Å². The molecule has 0 saturated heterocycles. The Kier molecular flexibility index (Phi) is 3.19. The number of ether oxygens (including phenoxy) is 1. The molecule has 0 aromatic heterocycles. The molecule has 1 aromatic carbocycles. The molecule has 0 unspecified atom stereocenters. The van der Waals surface area contributed by atoms with Crippen LogP contribution in [0.2, 0.25) is 5.02 Å². The number of benzene rings is 1. The van der Waals surface area contributed by atoms with Crippen molar-refractivity contribution in [2.75, 3.05) is 7.11 Å². The molecule has 14 heavy (non-hydrogen) atoms. The van der Waals surface area contributed by atoms with E-state index in [4.69, 9.17) is 11.6 Å². The standard InChI is InChI=1S/C9H6ClFO3/c1-14-9(13)8(12)5-3-2-4-6(10)7(5)11/h2-4H,1H3. The molecule has 0 fully saturated rings. The summed E-state index contributed by atoms with van der Waals surface area (Å²) in [5.74, 6) is -3.08.